The molecule has 2 fully saturated rings. The average Bonchev–Trinajstić information content (AvgIpc) is 3.73. The summed E-state index contributed by atoms with van der Waals surface area (Å²) in [6, 6.07) is 24.3. The Morgan fingerprint density at radius 2 is 1.08 bits per heavy atom. The number of nitrogens with zero attached hydrogens (tertiary/aromatic N) is 5. The van der Waals surface area contributed by atoms with Gasteiger partial charge < -0.3 is 15.3 Å². The lowest BCUT2D eigenvalue weighted by molar-refractivity contribution is -0.0231. The smallest absolute Gasteiger partial charge is 0.335 e. The largest absolute Gasteiger partial charge is 0.478 e. The van der Waals surface area contributed by atoms with Crippen LogP contribution in [0, 0.1) is 64.2 Å². The van der Waals surface area contributed by atoms with Gasteiger partial charge in [-0.15, -0.1) is 12.4 Å². The molecule has 2 aliphatic rings. The molecule has 16 heteroatoms. The summed E-state index contributed by atoms with van der Waals surface area (Å²) < 4.78 is 29.0. The van der Waals surface area contributed by atoms with Gasteiger partial charge in [-0.3, -0.25) is 15.0 Å². The Morgan fingerprint density at radius 3 is 1.43 bits per heavy atom. The number of rotatable bonds is 6. The number of aromatic amines is 2. The van der Waals surface area contributed by atoms with Crippen molar-refractivity contribution in [3.63, 3.8) is 0 Å². The highest BCUT2D eigenvalue weighted by atomic mass is 35.5. The standard InChI is InChI=1S/C23H20ClFN4O.C13H13ClN2O2.C10H9FN2.CH4.ClH/c1-13-8-14(2)19(9-18(13)20-15(3)21(24)28-27-20)22(30)29-11-23(25,12-29)17-6-4-16(10-26)5-7-17;1-6-4-7(2)10(13(17)18)5-9(6)11-8(3)12(14)16-15-11;11-10(6-13-7-10)9-3-1-8(5-12)2-4-9;;/h4-9H,11-12H2,1-3H3,(H,27,28);4-5H,1-3H3,(H,15,16)(H,17,18);1-4,13H,6-7H2;1H4;1H. The van der Waals surface area contributed by atoms with Crippen molar-refractivity contribution in [2.24, 2.45) is 0 Å². The van der Waals surface area contributed by atoms with E-state index in [1.807, 2.05) is 65.0 Å². The van der Waals surface area contributed by atoms with Crippen LogP contribution in [0.25, 0.3) is 22.5 Å². The number of benzene rings is 4. The second-order valence-electron chi connectivity index (χ2n) is 15.4. The quantitative estimate of drug-likeness (QED) is 0.128. The van der Waals surface area contributed by atoms with Gasteiger partial charge in [0.15, 0.2) is 11.3 Å². The van der Waals surface area contributed by atoms with E-state index in [-0.39, 0.29) is 44.4 Å². The molecule has 328 valence electrons. The van der Waals surface area contributed by atoms with E-state index in [9.17, 15) is 14.0 Å². The second-order valence-corrected chi connectivity index (χ2v) is 16.1. The number of aromatic nitrogens is 4. The zero-order valence-corrected chi connectivity index (χ0v) is 37.0. The molecule has 63 heavy (non-hydrogen) atoms. The topological polar surface area (TPSA) is 175 Å². The molecule has 0 atom stereocenters. The van der Waals surface area contributed by atoms with Crippen molar-refractivity contribution in [3.05, 3.63) is 150 Å². The molecule has 6 aromatic rings. The summed E-state index contributed by atoms with van der Waals surface area (Å²) in [6.45, 7) is 12.0. The fourth-order valence-electron chi connectivity index (χ4n) is 7.24. The SMILES string of the molecule is C.Cc1cc(C)c(-c2n[nH]c(Cl)c2C)cc1C(=O)N1CC(F)(c2ccc(C#N)cc2)C1.Cc1cc(C)c(-c2n[nH]c(Cl)c2C)cc1C(=O)O.Cl.N#Cc1ccc(C2(F)CNC2)cc1. The molecule has 11 nitrogen and oxygen atoms in total. The Bertz CT molecular complexity index is 2730. The minimum absolute atomic E-state index is 0. The molecular weight excluding hydrogens is 869 g/mol. The van der Waals surface area contributed by atoms with Gasteiger partial charge in [-0.25, -0.2) is 13.6 Å². The number of nitriles is 2. The van der Waals surface area contributed by atoms with Crippen LogP contribution in [-0.2, 0) is 11.3 Å². The Morgan fingerprint density at radius 1 is 0.683 bits per heavy atom. The van der Waals surface area contributed by atoms with Gasteiger partial charge in [0.2, 0.25) is 0 Å². The molecule has 4 heterocycles. The number of hydrogen-bond acceptors (Lipinski definition) is 7. The van der Waals surface area contributed by atoms with Crippen LogP contribution < -0.4 is 5.32 Å². The first kappa shape index (κ1) is 49.6. The van der Waals surface area contributed by atoms with E-state index in [0.717, 1.165) is 44.5 Å². The summed E-state index contributed by atoms with van der Waals surface area (Å²) in [4.78, 5) is 25.8. The van der Waals surface area contributed by atoms with E-state index in [2.05, 4.69) is 25.7 Å². The highest BCUT2D eigenvalue weighted by Crippen LogP contribution is 2.39. The summed E-state index contributed by atoms with van der Waals surface area (Å²) in [5.41, 5.74) is 8.35. The van der Waals surface area contributed by atoms with E-state index in [0.29, 0.717) is 62.6 Å². The van der Waals surface area contributed by atoms with E-state index < -0.39 is 17.3 Å². The number of halogens is 5. The number of H-pyrrole nitrogens is 2. The molecule has 4 aromatic carbocycles. The first-order valence-corrected chi connectivity index (χ1v) is 19.9. The van der Waals surface area contributed by atoms with Crippen molar-refractivity contribution in [1.29, 1.82) is 10.5 Å². The first-order chi connectivity index (χ1) is 28.9. The van der Waals surface area contributed by atoms with E-state index >= 15 is 4.39 Å². The van der Waals surface area contributed by atoms with Crippen LogP contribution in [0.1, 0.15) is 83.8 Å². The minimum Gasteiger partial charge on any atom is -0.478 e. The molecule has 0 spiro atoms. The fraction of sp³-hybridized carbons (Fsp3) is 0.277. The third-order valence-corrected chi connectivity index (χ3v) is 11.8. The number of carbonyl (C=O) groups is 2. The van der Waals surface area contributed by atoms with Gasteiger partial charge in [0.25, 0.3) is 5.91 Å². The lowest BCUT2D eigenvalue weighted by Crippen LogP contribution is -2.58. The van der Waals surface area contributed by atoms with Gasteiger partial charge >= 0.3 is 5.97 Å². The highest BCUT2D eigenvalue weighted by molar-refractivity contribution is 6.30. The monoisotopic (exact) mass is 914 g/mol. The van der Waals surface area contributed by atoms with Crippen LogP contribution in [-0.4, -0.2) is 68.5 Å². The Kier molecular flexibility index (Phi) is 15.7. The zero-order valence-electron chi connectivity index (χ0n) is 34.7. The van der Waals surface area contributed by atoms with Crippen LogP contribution in [0.15, 0.2) is 72.8 Å². The Balaban J connectivity index is 0.000000225. The van der Waals surface area contributed by atoms with Gasteiger partial charge in [0.1, 0.15) is 10.3 Å². The molecule has 2 saturated heterocycles. The van der Waals surface area contributed by atoms with E-state index in [4.69, 9.17) is 38.8 Å². The third-order valence-electron chi connectivity index (χ3n) is 11.1. The molecule has 2 aromatic heterocycles. The number of alkyl halides is 2. The van der Waals surface area contributed by atoms with Gasteiger partial charge in [0.05, 0.1) is 53.3 Å². The van der Waals surface area contributed by atoms with Crippen LogP contribution in [0.5, 0.6) is 0 Å². The molecule has 0 unspecified atom stereocenters. The lowest BCUT2D eigenvalue weighted by Gasteiger charge is -2.45. The van der Waals surface area contributed by atoms with E-state index in [1.54, 1.807) is 61.5 Å². The number of aromatic carboxylic acids is 1. The summed E-state index contributed by atoms with van der Waals surface area (Å²) >= 11 is 12.0. The van der Waals surface area contributed by atoms with Crippen molar-refractivity contribution < 1.29 is 23.5 Å². The third kappa shape index (κ3) is 10.2. The van der Waals surface area contributed by atoms with E-state index in [1.165, 1.54) is 4.90 Å². The minimum atomic E-state index is -1.60. The Labute approximate surface area is 381 Å². The van der Waals surface area contributed by atoms with Crippen LogP contribution in [0.4, 0.5) is 8.78 Å². The van der Waals surface area contributed by atoms with Crippen LogP contribution in [0.3, 0.4) is 0 Å². The molecule has 0 aliphatic carbocycles. The van der Waals surface area contributed by atoms with Crippen molar-refractivity contribution in [1.82, 2.24) is 30.6 Å². The molecule has 1 amide bonds. The molecule has 0 bridgehead atoms. The number of hydrogen-bond donors (Lipinski definition) is 4. The number of nitrogens with one attached hydrogen (secondary N) is 3. The highest BCUT2D eigenvalue weighted by Gasteiger charge is 2.47. The van der Waals surface area contributed by atoms with Gasteiger partial charge in [-0.05, 0) is 111 Å². The maximum absolute atomic E-state index is 15.3. The van der Waals surface area contributed by atoms with Crippen molar-refractivity contribution >= 4 is 47.5 Å². The first-order valence-electron chi connectivity index (χ1n) is 19.2. The summed E-state index contributed by atoms with van der Waals surface area (Å²) in [6.07, 6.45) is 0. The Hall–Kier alpha value is -6.09. The summed E-state index contributed by atoms with van der Waals surface area (Å²) in [5.74, 6) is -1.15. The van der Waals surface area contributed by atoms with Crippen molar-refractivity contribution in [3.8, 4) is 34.7 Å². The number of aryl methyl sites for hydroxylation is 4. The number of carboxylic acids is 1. The molecule has 0 saturated carbocycles. The fourth-order valence-corrected chi connectivity index (χ4v) is 7.51. The molecule has 2 aliphatic heterocycles. The van der Waals surface area contributed by atoms with Crippen molar-refractivity contribution in [2.75, 3.05) is 26.2 Å². The lowest BCUT2D eigenvalue weighted by atomic mass is 9.86. The number of amides is 1. The number of carboxylic acid groups (broad SMARTS) is 1. The molecular formula is C47H47Cl3F2N8O3. The number of likely N-dealkylation sites (tertiary alicyclic amines) is 1. The number of carbonyl (C=O) groups excluding carboxylic acids is 1. The zero-order chi connectivity index (χ0) is 44.4. The molecule has 0 radical (unpaired) electrons. The van der Waals surface area contributed by atoms with Crippen molar-refractivity contribution in [2.45, 2.75) is 60.3 Å². The maximum Gasteiger partial charge on any atom is 0.335 e. The van der Waals surface area contributed by atoms with Crippen LogP contribution in [0.2, 0.25) is 10.3 Å². The predicted octanol–water partition coefficient (Wildman–Crippen LogP) is 10.6. The average molecular weight is 916 g/mol. The summed E-state index contributed by atoms with van der Waals surface area (Å²) in [7, 11) is 0. The maximum atomic E-state index is 15.3. The summed E-state index contributed by atoms with van der Waals surface area (Å²) in [5, 5.41) is 44.3. The van der Waals surface area contributed by atoms with Gasteiger partial charge in [-0.1, -0.05) is 67.0 Å². The molecule has 8 rings (SSSR count). The van der Waals surface area contributed by atoms with Crippen LogP contribution >= 0.6 is 35.6 Å². The van der Waals surface area contributed by atoms with Gasteiger partial charge in [-0.2, -0.15) is 20.7 Å². The van der Waals surface area contributed by atoms with Gasteiger partial charge in [0, 0.05) is 40.9 Å². The predicted molar refractivity (Wildman–Crippen MR) is 244 cm³/mol. The second kappa shape index (κ2) is 20.0. The normalized spacial score (nSPS) is 14.0. The molecule has 4 N–H and O–H groups in total.